The van der Waals surface area contributed by atoms with Crippen LogP contribution in [-0.4, -0.2) is 35.6 Å². The minimum Gasteiger partial charge on any atom is -0.480 e. The zero-order valence-electron chi connectivity index (χ0n) is 15.8. The van der Waals surface area contributed by atoms with Crippen molar-refractivity contribution < 1.29 is 24.2 Å². The average molecular weight is 381 g/mol. The first kappa shape index (κ1) is 19.6. The van der Waals surface area contributed by atoms with Gasteiger partial charge in [-0.15, -0.1) is 0 Å². The summed E-state index contributed by atoms with van der Waals surface area (Å²) in [4.78, 5) is 36.6. The largest absolute Gasteiger partial charge is 0.480 e. The lowest BCUT2D eigenvalue weighted by Gasteiger charge is -2.21. The van der Waals surface area contributed by atoms with E-state index < -0.39 is 29.8 Å². The summed E-state index contributed by atoms with van der Waals surface area (Å²) in [5, 5.41) is 12.2. The minimum atomic E-state index is -1.18. The number of nitrogens with one attached hydrogen (secondary N) is 1. The standard InChI is InChI=1S/C22H23NO5/c1-3-28-22(27)13(2)12-18(21(25)26)23-20(24)19-16-10-6-4-8-14(16)15-9-5-7-11-17(15)19/h4-11,13,18-19H,3,12H2,1-2H3,(H,23,24)(H,25,26)/t13-,18-/m0/s1. The third-order valence-electron chi connectivity index (χ3n) is 4.99. The maximum Gasteiger partial charge on any atom is 0.326 e. The quantitative estimate of drug-likeness (QED) is 0.720. The highest BCUT2D eigenvalue weighted by Crippen LogP contribution is 2.44. The molecule has 0 heterocycles. The molecule has 2 N–H and O–H groups in total. The van der Waals surface area contributed by atoms with Crippen molar-refractivity contribution in [1.29, 1.82) is 0 Å². The molecule has 2 aromatic rings. The highest BCUT2D eigenvalue weighted by molar-refractivity contribution is 5.97. The Balaban J connectivity index is 1.83. The lowest BCUT2D eigenvalue weighted by atomic mass is 9.94. The van der Waals surface area contributed by atoms with Gasteiger partial charge in [0.25, 0.3) is 0 Å². The fraction of sp³-hybridized carbons (Fsp3) is 0.318. The van der Waals surface area contributed by atoms with Crippen molar-refractivity contribution in [1.82, 2.24) is 5.32 Å². The van der Waals surface area contributed by atoms with Gasteiger partial charge in [-0.2, -0.15) is 0 Å². The Morgan fingerprint density at radius 1 is 1.04 bits per heavy atom. The number of carbonyl (C=O) groups is 3. The third kappa shape index (κ3) is 3.76. The minimum absolute atomic E-state index is 0.0318. The number of carboxylic acid groups (broad SMARTS) is 1. The van der Waals surface area contributed by atoms with Gasteiger partial charge in [0.05, 0.1) is 18.4 Å². The van der Waals surface area contributed by atoms with E-state index in [1.165, 1.54) is 0 Å². The van der Waals surface area contributed by atoms with Gasteiger partial charge < -0.3 is 15.2 Å². The van der Waals surface area contributed by atoms with Gasteiger partial charge in [0.15, 0.2) is 0 Å². The van der Waals surface area contributed by atoms with E-state index in [9.17, 15) is 19.5 Å². The maximum absolute atomic E-state index is 13.1. The number of esters is 1. The molecule has 0 spiro atoms. The molecule has 0 radical (unpaired) electrons. The summed E-state index contributed by atoms with van der Waals surface area (Å²) in [6.45, 7) is 3.51. The molecule has 2 aromatic carbocycles. The number of amides is 1. The van der Waals surface area contributed by atoms with E-state index in [0.717, 1.165) is 22.3 Å². The normalized spacial score (nSPS) is 14.5. The van der Waals surface area contributed by atoms with E-state index in [-0.39, 0.29) is 18.9 Å². The summed E-state index contributed by atoms with van der Waals surface area (Å²) in [6.07, 6.45) is -0.0318. The molecule has 1 amide bonds. The highest BCUT2D eigenvalue weighted by Gasteiger charge is 2.36. The molecule has 0 aliphatic heterocycles. The van der Waals surface area contributed by atoms with Gasteiger partial charge in [0.1, 0.15) is 6.04 Å². The molecule has 0 bridgehead atoms. The molecule has 0 unspecified atom stereocenters. The van der Waals surface area contributed by atoms with Crippen LogP contribution in [0.5, 0.6) is 0 Å². The van der Waals surface area contributed by atoms with Crippen LogP contribution in [0.1, 0.15) is 37.3 Å². The fourth-order valence-electron chi connectivity index (χ4n) is 3.65. The number of carbonyl (C=O) groups excluding carboxylic acids is 2. The molecule has 6 nitrogen and oxygen atoms in total. The number of fused-ring (bicyclic) bond motifs is 3. The summed E-state index contributed by atoms with van der Waals surface area (Å²) >= 11 is 0. The Hall–Kier alpha value is -3.15. The van der Waals surface area contributed by atoms with Crippen LogP contribution >= 0.6 is 0 Å². The molecule has 0 aromatic heterocycles. The van der Waals surface area contributed by atoms with Gasteiger partial charge in [-0.1, -0.05) is 55.5 Å². The van der Waals surface area contributed by atoms with Crippen molar-refractivity contribution in [2.45, 2.75) is 32.2 Å². The molecule has 0 saturated carbocycles. The van der Waals surface area contributed by atoms with E-state index >= 15 is 0 Å². The predicted octanol–water partition coefficient (Wildman–Crippen LogP) is 2.96. The molecule has 1 aliphatic carbocycles. The first-order valence-electron chi connectivity index (χ1n) is 9.32. The Morgan fingerprint density at radius 2 is 1.57 bits per heavy atom. The highest BCUT2D eigenvalue weighted by atomic mass is 16.5. The van der Waals surface area contributed by atoms with Crippen LogP contribution in [0.4, 0.5) is 0 Å². The second-order valence-corrected chi connectivity index (χ2v) is 6.90. The zero-order valence-corrected chi connectivity index (χ0v) is 15.8. The number of hydrogen-bond acceptors (Lipinski definition) is 4. The summed E-state index contributed by atoms with van der Waals surface area (Å²) < 4.78 is 4.94. The van der Waals surface area contributed by atoms with Crippen LogP contribution in [0.25, 0.3) is 11.1 Å². The third-order valence-corrected chi connectivity index (χ3v) is 4.99. The summed E-state index contributed by atoms with van der Waals surface area (Å²) in [5.74, 6) is -3.25. The summed E-state index contributed by atoms with van der Waals surface area (Å²) in [5.41, 5.74) is 3.66. The van der Waals surface area contributed by atoms with Crippen molar-refractivity contribution in [3.05, 3.63) is 59.7 Å². The van der Waals surface area contributed by atoms with Crippen molar-refractivity contribution in [2.24, 2.45) is 5.92 Å². The van der Waals surface area contributed by atoms with Crippen LogP contribution in [0.15, 0.2) is 48.5 Å². The van der Waals surface area contributed by atoms with E-state index in [0.29, 0.717) is 0 Å². The van der Waals surface area contributed by atoms with Crippen molar-refractivity contribution in [2.75, 3.05) is 6.61 Å². The Labute approximate surface area is 163 Å². The van der Waals surface area contributed by atoms with Crippen molar-refractivity contribution in [3.63, 3.8) is 0 Å². The smallest absolute Gasteiger partial charge is 0.326 e. The van der Waals surface area contributed by atoms with E-state index in [2.05, 4.69) is 5.32 Å². The molecule has 6 heteroatoms. The van der Waals surface area contributed by atoms with E-state index in [1.54, 1.807) is 13.8 Å². The molecule has 146 valence electrons. The van der Waals surface area contributed by atoms with Gasteiger partial charge in [-0.3, -0.25) is 9.59 Å². The molecule has 2 atom stereocenters. The Kier molecular flexibility index (Phi) is 5.78. The van der Waals surface area contributed by atoms with Gasteiger partial charge in [0, 0.05) is 0 Å². The number of benzene rings is 2. The monoisotopic (exact) mass is 381 g/mol. The van der Waals surface area contributed by atoms with Crippen LogP contribution in [-0.2, 0) is 19.1 Å². The van der Waals surface area contributed by atoms with Crippen LogP contribution in [0, 0.1) is 5.92 Å². The molecular weight excluding hydrogens is 358 g/mol. The number of rotatable bonds is 7. The Morgan fingerprint density at radius 3 is 2.07 bits per heavy atom. The SMILES string of the molecule is CCOC(=O)[C@@H](C)C[C@H](NC(=O)C1c2ccccc2-c2ccccc21)C(=O)O. The lowest BCUT2D eigenvalue weighted by molar-refractivity contribution is -0.149. The molecule has 28 heavy (non-hydrogen) atoms. The summed E-state index contributed by atoms with van der Waals surface area (Å²) in [6, 6.07) is 14.1. The maximum atomic E-state index is 13.1. The molecule has 0 fully saturated rings. The second kappa shape index (κ2) is 8.25. The first-order chi connectivity index (χ1) is 13.4. The van der Waals surface area contributed by atoms with Crippen LogP contribution in [0.3, 0.4) is 0 Å². The average Bonchev–Trinajstić information content (AvgIpc) is 3.02. The predicted molar refractivity (Wildman–Crippen MR) is 104 cm³/mol. The Bertz CT molecular complexity index is 862. The molecular formula is C22H23NO5. The van der Waals surface area contributed by atoms with Crippen molar-refractivity contribution >= 4 is 17.8 Å². The second-order valence-electron chi connectivity index (χ2n) is 6.90. The lowest BCUT2D eigenvalue weighted by Crippen LogP contribution is -2.44. The molecule has 3 rings (SSSR count). The van der Waals surface area contributed by atoms with Gasteiger partial charge in [-0.25, -0.2) is 4.79 Å². The van der Waals surface area contributed by atoms with Gasteiger partial charge in [0.2, 0.25) is 5.91 Å². The first-order valence-corrected chi connectivity index (χ1v) is 9.32. The molecule has 0 saturated heterocycles. The van der Waals surface area contributed by atoms with Gasteiger partial charge >= 0.3 is 11.9 Å². The van der Waals surface area contributed by atoms with E-state index in [1.807, 2.05) is 48.5 Å². The van der Waals surface area contributed by atoms with Gasteiger partial charge in [-0.05, 0) is 35.6 Å². The number of aliphatic carboxylic acids is 1. The van der Waals surface area contributed by atoms with Crippen molar-refractivity contribution in [3.8, 4) is 11.1 Å². The van der Waals surface area contributed by atoms with Crippen LogP contribution < -0.4 is 5.32 Å². The topological polar surface area (TPSA) is 92.7 Å². The number of hydrogen-bond donors (Lipinski definition) is 2. The molecule has 1 aliphatic rings. The number of carboxylic acids is 1. The van der Waals surface area contributed by atoms with Crippen LogP contribution in [0.2, 0.25) is 0 Å². The van der Waals surface area contributed by atoms with E-state index in [4.69, 9.17) is 4.74 Å². The number of ether oxygens (including phenoxy) is 1. The fourth-order valence-corrected chi connectivity index (χ4v) is 3.65. The summed E-state index contributed by atoms with van der Waals surface area (Å²) in [7, 11) is 0. The zero-order chi connectivity index (χ0) is 20.3.